The summed E-state index contributed by atoms with van der Waals surface area (Å²) in [6.07, 6.45) is 0.688. The molecule has 2 nitrogen and oxygen atoms in total. The monoisotopic (exact) mass is 204 g/mol. The highest BCUT2D eigenvalue weighted by Gasteiger charge is 2.11. The Morgan fingerprint density at radius 2 is 2.00 bits per heavy atom. The number of rotatable bonds is 4. The molecule has 0 heterocycles. The molecule has 0 N–H and O–H groups in total. The van der Waals surface area contributed by atoms with Crippen LogP contribution >= 0.6 is 22.3 Å². The summed E-state index contributed by atoms with van der Waals surface area (Å²) >= 11 is 5.39. The first-order valence-corrected chi connectivity index (χ1v) is 5.95. The first-order chi connectivity index (χ1) is 4.45. The van der Waals surface area contributed by atoms with Crippen molar-refractivity contribution >= 4 is 31.3 Å². The summed E-state index contributed by atoms with van der Waals surface area (Å²) < 4.78 is 20.9. The Morgan fingerprint density at radius 3 is 2.30 bits per heavy atom. The van der Waals surface area contributed by atoms with Crippen molar-refractivity contribution in [1.29, 1.82) is 0 Å². The maximum atomic E-state index is 10.4. The summed E-state index contributed by atoms with van der Waals surface area (Å²) in [6, 6.07) is 0. The lowest BCUT2D eigenvalue weighted by molar-refractivity contribution is 0.577. The van der Waals surface area contributed by atoms with Gasteiger partial charge in [0.25, 0.3) is 0 Å². The molecule has 0 spiro atoms. The summed E-state index contributed by atoms with van der Waals surface area (Å²) in [5.41, 5.74) is 0. The van der Waals surface area contributed by atoms with Crippen LogP contribution in [0.2, 0.25) is 0 Å². The maximum Gasteiger partial charge on any atom is 0.232 e. The van der Waals surface area contributed by atoms with Gasteiger partial charge in [-0.15, -0.1) is 11.6 Å². The van der Waals surface area contributed by atoms with Crippen molar-refractivity contribution in [2.45, 2.75) is 13.3 Å². The highest BCUT2D eigenvalue weighted by Crippen LogP contribution is 2.09. The number of hydrogen-bond acceptors (Lipinski definition) is 2. The molecule has 1 unspecified atom stereocenters. The van der Waals surface area contributed by atoms with Crippen LogP contribution in [0.4, 0.5) is 0 Å². The van der Waals surface area contributed by atoms with Gasteiger partial charge in [0.2, 0.25) is 9.05 Å². The average molecular weight is 205 g/mol. The van der Waals surface area contributed by atoms with Gasteiger partial charge in [-0.25, -0.2) is 8.42 Å². The molecule has 0 aliphatic heterocycles. The largest absolute Gasteiger partial charge is 0.232 e. The summed E-state index contributed by atoms with van der Waals surface area (Å²) in [7, 11) is 1.66. The molecule has 0 aromatic carbocycles. The summed E-state index contributed by atoms with van der Waals surface area (Å²) in [6.45, 7) is 1.81. The Labute approximate surface area is 70.9 Å². The minimum absolute atomic E-state index is 0.0152. The maximum absolute atomic E-state index is 10.4. The van der Waals surface area contributed by atoms with Gasteiger partial charge in [-0.3, -0.25) is 0 Å². The van der Waals surface area contributed by atoms with Crippen molar-refractivity contribution in [3.05, 3.63) is 0 Å². The molecule has 62 valence electrons. The van der Waals surface area contributed by atoms with Crippen molar-refractivity contribution in [3.8, 4) is 0 Å². The van der Waals surface area contributed by atoms with Crippen LogP contribution in [-0.2, 0) is 9.05 Å². The van der Waals surface area contributed by atoms with E-state index in [-0.39, 0.29) is 11.7 Å². The Hall–Kier alpha value is 0.530. The van der Waals surface area contributed by atoms with Gasteiger partial charge in [-0.2, -0.15) is 0 Å². The number of halogens is 2. The van der Waals surface area contributed by atoms with Crippen LogP contribution in [0.25, 0.3) is 0 Å². The number of alkyl halides is 1. The van der Waals surface area contributed by atoms with Crippen LogP contribution in [0.1, 0.15) is 13.3 Å². The van der Waals surface area contributed by atoms with Crippen molar-refractivity contribution in [1.82, 2.24) is 0 Å². The van der Waals surface area contributed by atoms with Crippen LogP contribution in [-0.4, -0.2) is 20.1 Å². The zero-order valence-corrected chi connectivity index (χ0v) is 8.01. The lowest BCUT2D eigenvalue weighted by atomic mass is 10.2. The average Bonchev–Trinajstić information content (AvgIpc) is 1.59. The van der Waals surface area contributed by atoms with E-state index in [0.29, 0.717) is 12.3 Å². The topological polar surface area (TPSA) is 34.1 Å². The summed E-state index contributed by atoms with van der Waals surface area (Å²) in [5, 5.41) is 0. The molecule has 0 saturated heterocycles. The molecule has 0 aliphatic carbocycles. The van der Waals surface area contributed by atoms with Gasteiger partial charge in [0.1, 0.15) is 0 Å². The van der Waals surface area contributed by atoms with Crippen molar-refractivity contribution in [2.75, 3.05) is 11.6 Å². The number of hydrogen-bond donors (Lipinski definition) is 0. The van der Waals surface area contributed by atoms with Gasteiger partial charge in [0.15, 0.2) is 0 Å². The Morgan fingerprint density at radius 1 is 1.50 bits per heavy atom. The van der Waals surface area contributed by atoms with E-state index in [9.17, 15) is 8.42 Å². The Balaban J connectivity index is 3.69. The summed E-state index contributed by atoms with van der Waals surface area (Å²) in [4.78, 5) is 0. The van der Waals surface area contributed by atoms with Crippen LogP contribution < -0.4 is 0 Å². The normalized spacial score (nSPS) is 15.1. The predicted molar refractivity (Wildman–Crippen MR) is 44.1 cm³/mol. The molecule has 0 aromatic rings. The SMILES string of the molecule is CC(CCCl)CS(=O)(=O)Cl. The third kappa shape index (κ3) is 6.65. The molecular formula is C5H10Cl2O2S. The van der Waals surface area contributed by atoms with Crippen molar-refractivity contribution in [3.63, 3.8) is 0 Å². The molecule has 0 rings (SSSR count). The minimum Gasteiger partial charge on any atom is -0.212 e. The third-order valence-electron chi connectivity index (χ3n) is 1.09. The van der Waals surface area contributed by atoms with E-state index in [2.05, 4.69) is 0 Å². The second-order valence-electron chi connectivity index (χ2n) is 2.29. The molecule has 0 fully saturated rings. The van der Waals surface area contributed by atoms with Crippen LogP contribution in [0, 0.1) is 5.92 Å². The van der Waals surface area contributed by atoms with Gasteiger partial charge in [-0.1, -0.05) is 6.92 Å². The fourth-order valence-corrected chi connectivity index (χ4v) is 2.47. The van der Waals surface area contributed by atoms with E-state index in [4.69, 9.17) is 22.3 Å². The van der Waals surface area contributed by atoms with Gasteiger partial charge in [0.05, 0.1) is 5.75 Å². The smallest absolute Gasteiger partial charge is 0.212 e. The highest BCUT2D eigenvalue weighted by atomic mass is 35.7. The van der Waals surface area contributed by atoms with E-state index in [0.717, 1.165) is 0 Å². The second-order valence-corrected chi connectivity index (χ2v) is 5.49. The van der Waals surface area contributed by atoms with Gasteiger partial charge in [0, 0.05) is 16.6 Å². The molecule has 0 aliphatic rings. The molecule has 10 heavy (non-hydrogen) atoms. The standard InChI is InChI=1S/C5H10Cl2O2S/c1-5(2-3-6)4-10(7,8)9/h5H,2-4H2,1H3. The lowest BCUT2D eigenvalue weighted by Gasteiger charge is -2.04. The zero-order chi connectivity index (χ0) is 8.20. The Bertz CT molecular complexity index is 176. The highest BCUT2D eigenvalue weighted by molar-refractivity contribution is 8.13. The molecule has 0 bridgehead atoms. The van der Waals surface area contributed by atoms with Gasteiger partial charge < -0.3 is 0 Å². The molecule has 0 radical (unpaired) electrons. The van der Waals surface area contributed by atoms with E-state index in [1.54, 1.807) is 0 Å². The van der Waals surface area contributed by atoms with Gasteiger partial charge in [-0.05, 0) is 12.3 Å². The quantitative estimate of drug-likeness (QED) is 0.518. The summed E-state index contributed by atoms with van der Waals surface area (Å²) in [5.74, 6) is 0.550. The Kier molecular flexibility index (Phi) is 4.65. The molecule has 0 amide bonds. The van der Waals surface area contributed by atoms with Crippen LogP contribution in [0.15, 0.2) is 0 Å². The fraction of sp³-hybridized carbons (Fsp3) is 1.00. The second kappa shape index (κ2) is 4.42. The molecule has 0 aromatic heterocycles. The molecule has 5 heteroatoms. The first kappa shape index (κ1) is 10.5. The van der Waals surface area contributed by atoms with E-state index in [1.807, 2.05) is 6.92 Å². The first-order valence-electron chi connectivity index (χ1n) is 2.94. The fourth-order valence-electron chi connectivity index (χ4n) is 0.609. The molecular weight excluding hydrogens is 195 g/mol. The third-order valence-corrected chi connectivity index (χ3v) is 2.65. The molecule has 1 atom stereocenters. The molecule has 0 saturated carbocycles. The van der Waals surface area contributed by atoms with Gasteiger partial charge >= 0.3 is 0 Å². The van der Waals surface area contributed by atoms with Crippen LogP contribution in [0.3, 0.4) is 0 Å². The van der Waals surface area contributed by atoms with Crippen molar-refractivity contribution < 1.29 is 8.42 Å². The van der Waals surface area contributed by atoms with E-state index < -0.39 is 9.05 Å². The van der Waals surface area contributed by atoms with E-state index in [1.165, 1.54) is 0 Å². The van der Waals surface area contributed by atoms with E-state index >= 15 is 0 Å². The predicted octanol–water partition coefficient (Wildman–Crippen LogP) is 1.82. The minimum atomic E-state index is -3.33. The zero-order valence-electron chi connectivity index (χ0n) is 5.68. The van der Waals surface area contributed by atoms with Crippen LogP contribution in [0.5, 0.6) is 0 Å². The lowest BCUT2D eigenvalue weighted by Crippen LogP contribution is -2.08. The van der Waals surface area contributed by atoms with Crippen molar-refractivity contribution in [2.24, 2.45) is 5.92 Å².